The molecule has 1 aliphatic carbocycles. The third-order valence-corrected chi connectivity index (χ3v) is 4.61. The first kappa shape index (κ1) is 8.75. The Bertz CT molecular complexity index is 267. The summed E-state index contributed by atoms with van der Waals surface area (Å²) in [5, 5.41) is 0. The third-order valence-electron chi connectivity index (χ3n) is 4.61. The molecule has 2 saturated heterocycles. The second-order valence-corrected chi connectivity index (χ2v) is 5.67. The number of amides is 1. The highest BCUT2D eigenvalue weighted by atomic mass is 16.2. The smallest absolute Gasteiger partial charge is 0.225 e. The summed E-state index contributed by atoms with van der Waals surface area (Å²) in [7, 11) is 0. The van der Waals surface area contributed by atoms with E-state index in [2.05, 4.69) is 11.8 Å². The van der Waals surface area contributed by atoms with Crippen molar-refractivity contribution in [3.63, 3.8) is 0 Å². The Labute approximate surface area is 85.7 Å². The van der Waals surface area contributed by atoms with Crippen LogP contribution in [0, 0.1) is 11.3 Å². The van der Waals surface area contributed by atoms with Gasteiger partial charge in [0.05, 0.1) is 0 Å². The molecule has 0 unspecified atom stereocenters. The quantitative estimate of drug-likeness (QED) is 0.577. The molecule has 1 spiro atoms. The minimum Gasteiger partial charge on any atom is -0.339 e. The van der Waals surface area contributed by atoms with E-state index in [1.54, 1.807) is 0 Å². The average Bonchev–Trinajstić information content (AvgIpc) is 2.79. The van der Waals surface area contributed by atoms with E-state index >= 15 is 0 Å². The summed E-state index contributed by atoms with van der Waals surface area (Å²) >= 11 is 0. The predicted octanol–water partition coefficient (Wildman–Crippen LogP) is 2.19. The molecule has 0 radical (unpaired) electrons. The van der Waals surface area contributed by atoms with Crippen LogP contribution in [0.4, 0.5) is 0 Å². The van der Waals surface area contributed by atoms with E-state index < -0.39 is 0 Å². The van der Waals surface area contributed by atoms with Gasteiger partial charge in [-0.1, -0.05) is 19.8 Å². The molecule has 3 aliphatic rings. The molecule has 2 nitrogen and oxygen atoms in total. The maximum atomic E-state index is 11.9. The molecule has 2 aliphatic heterocycles. The summed E-state index contributed by atoms with van der Waals surface area (Å²) in [6.07, 6.45) is 7.97. The second kappa shape index (κ2) is 2.74. The largest absolute Gasteiger partial charge is 0.339 e. The summed E-state index contributed by atoms with van der Waals surface area (Å²) in [6, 6.07) is 0.607. The zero-order chi connectivity index (χ0) is 9.76. The van der Waals surface area contributed by atoms with Crippen molar-refractivity contribution in [1.29, 1.82) is 0 Å². The van der Waals surface area contributed by atoms with E-state index in [1.807, 2.05) is 0 Å². The monoisotopic (exact) mass is 193 g/mol. The lowest BCUT2D eigenvalue weighted by Gasteiger charge is -2.23. The number of hydrogen-bond donors (Lipinski definition) is 0. The van der Waals surface area contributed by atoms with Gasteiger partial charge in [0, 0.05) is 18.5 Å². The lowest BCUT2D eigenvalue weighted by atomic mass is 9.82. The molecule has 2 atom stereocenters. The van der Waals surface area contributed by atoms with Crippen molar-refractivity contribution in [3.05, 3.63) is 0 Å². The summed E-state index contributed by atoms with van der Waals surface area (Å²) in [5.74, 6) is 0.734. The van der Waals surface area contributed by atoms with E-state index in [0.29, 0.717) is 23.3 Å². The summed E-state index contributed by atoms with van der Waals surface area (Å²) in [4.78, 5) is 14.0. The zero-order valence-corrected chi connectivity index (χ0v) is 8.96. The first-order valence-corrected chi connectivity index (χ1v) is 6.01. The van der Waals surface area contributed by atoms with Gasteiger partial charge in [0.15, 0.2) is 0 Å². The van der Waals surface area contributed by atoms with Crippen molar-refractivity contribution in [3.8, 4) is 0 Å². The van der Waals surface area contributed by atoms with Crippen LogP contribution in [0.2, 0.25) is 0 Å². The van der Waals surface area contributed by atoms with Crippen molar-refractivity contribution in [2.45, 2.75) is 51.5 Å². The third kappa shape index (κ3) is 1.06. The Balaban J connectivity index is 1.80. The molecule has 0 aromatic heterocycles. The van der Waals surface area contributed by atoms with Gasteiger partial charge in [-0.15, -0.1) is 0 Å². The van der Waals surface area contributed by atoms with Crippen LogP contribution in [0.15, 0.2) is 0 Å². The van der Waals surface area contributed by atoms with Gasteiger partial charge in [0.2, 0.25) is 5.91 Å². The first-order valence-electron chi connectivity index (χ1n) is 6.01. The molecule has 14 heavy (non-hydrogen) atoms. The first-order chi connectivity index (χ1) is 6.70. The van der Waals surface area contributed by atoms with Crippen LogP contribution < -0.4 is 0 Å². The molecule has 2 heterocycles. The number of fused-ring (bicyclic) bond motifs is 1. The van der Waals surface area contributed by atoms with Gasteiger partial charge in [0.1, 0.15) is 0 Å². The summed E-state index contributed by atoms with van der Waals surface area (Å²) < 4.78 is 0. The van der Waals surface area contributed by atoms with Gasteiger partial charge >= 0.3 is 0 Å². The molecular weight excluding hydrogens is 174 g/mol. The number of carbonyl (C=O) groups excluding carboxylic acids is 1. The number of nitrogens with zero attached hydrogens (tertiary/aromatic N) is 1. The highest BCUT2D eigenvalue weighted by molar-refractivity contribution is 5.81. The molecule has 3 fully saturated rings. The maximum Gasteiger partial charge on any atom is 0.225 e. The van der Waals surface area contributed by atoms with Crippen LogP contribution in [-0.4, -0.2) is 23.4 Å². The molecule has 3 rings (SSSR count). The van der Waals surface area contributed by atoms with Crippen LogP contribution in [-0.2, 0) is 4.79 Å². The standard InChI is InChI=1S/C12H19NO/c1-9-6-10-7-12(4-2-3-5-12)8-13(10)11(9)14/h9-10H,2-8H2,1H3/t9-,10-/m0/s1. The molecular formula is C12H19NO. The molecule has 78 valence electrons. The van der Waals surface area contributed by atoms with Crippen molar-refractivity contribution in [2.24, 2.45) is 11.3 Å². The normalized spacial score (nSPS) is 39.8. The zero-order valence-electron chi connectivity index (χ0n) is 8.96. The lowest BCUT2D eigenvalue weighted by Crippen LogP contribution is -2.31. The van der Waals surface area contributed by atoms with Gasteiger partial charge in [-0.3, -0.25) is 4.79 Å². The minimum absolute atomic E-state index is 0.304. The lowest BCUT2D eigenvalue weighted by molar-refractivity contribution is -0.131. The van der Waals surface area contributed by atoms with Crippen molar-refractivity contribution in [2.75, 3.05) is 6.54 Å². The van der Waals surface area contributed by atoms with Crippen molar-refractivity contribution in [1.82, 2.24) is 4.90 Å². The van der Waals surface area contributed by atoms with E-state index in [-0.39, 0.29) is 0 Å². The maximum absolute atomic E-state index is 11.9. The van der Waals surface area contributed by atoms with Crippen molar-refractivity contribution < 1.29 is 4.79 Å². The number of hydrogen-bond acceptors (Lipinski definition) is 1. The topological polar surface area (TPSA) is 20.3 Å². The highest BCUT2D eigenvalue weighted by Crippen LogP contribution is 2.51. The molecule has 1 amide bonds. The summed E-state index contributed by atoms with van der Waals surface area (Å²) in [6.45, 7) is 3.17. The Morgan fingerprint density at radius 1 is 1.36 bits per heavy atom. The van der Waals surface area contributed by atoms with Crippen LogP contribution in [0.3, 0.4) is 0 Å². The number of carbonyl (C=O) groups is 1. The van der Waals surface area contributed by atoms with Crippen LogP contribution in [0.1, 0.15) is 45.4 Å². The molecule has 2 heteroatoms. The van der Waals surface area contributed by atoms with Gasteiger partial charge in [-0.2, -0.15) is 0 Å². The Hall–Kier alpha value is -0.530. The van der Waals surface area contributed by atoms with E-state index in [4.69, 9.17) is 0 Å². The van der Waals surface area contributed by atoms with Gasteiger partial charge in [-0.05, 0) is 31.1 Å². The SMILES string of the molecule is C[C@H]1C[C@H]2CC3(CCCC3)CN2C1=O. The summed E-state index contributed by atoms with van der Waals surface area (Å²) in [5.41, 5.74) is 0.556. The molecule has 0 N–H and O–H groups in total. The Kier molecular flexibility index (Phi) is 1.71. The fourth-order valence-corrected chi connectivity index (χ4v) is 3.91. The average molecular weight is 193 g/mol. The van der Waals surface area contributed by atoms with Gasteiger partial charge in [-0.25, -0.2) is 0 Å². The second-order valence-electron chi connectivity index (χ2n) is 5.67. The van der Waals surface area contributed by atoms with E-state index in [0.717, 1.165) is 13.0 Å². The van der Waals surface area contributed by atoms with Gasteiger partial charge in [0.25, 0.3) is 0 Å². The Morgan fingerprint density at radius 3 is 2.71 bits per heavy atom. The molecule has 0 aromatic carbocycles. The van der Waals surface area contributed by atoms with Crippen molar-refractivity contribution >= 4 is 5.91 Å². The molecule has 1 saturated carbocycles. The van der Waals surface area contributed by atoms with E-state index in [9.17, 15) is 4.79 Å². The fraction of sp³-hybridized carbons (Fsp3) is 0.917. The fourth-order valence-electron chi connectivity index (χ4n) is 3.91. The van der Waals surface area contributed by atoms with Crippen LogP contribution in [0.25, 0.3) is 0 Å². The predicted molar refractivity (Wildman–Crippen MR) is 54.8 cm³/mol. The minimum atomic E-state index is 0.304. The Morgan fingerprint density at radius 2 is 2.07 bits per heavy atom. The highest BCUT2D eigenvalue weighted by Gasteiger charge is 2.51. The molecule has 0 aromatic rings. The van der Waals surface area contributed by atoms with Gasteiger partial charge < -0.3 is 4.90 Å². The van der Waals surface area contributed by atoms with E-state index in [1.165, 1.54) is 32.1 Å². The van der Waals surface area contributed by atoms with Crippen LogP contribution in [0.5, 0.6) is 0 Å². The molecule has 0 bridgehead atoms. The number of rotatable bonds is 0. The van der Waals surface area contributed by atoms with Crippen LogP contribution >= 0.6 is 0 Å².